The number of hydrogen-bond donors (Lipinski definition) is 0. The van der Waals surface area contributed by atoms with E-state index < -0.39 is 6.10 Å². The first kappa shape index (κ1) is 61.6. The normalized spacial score (nSPS) is 12.7. The van der Waals surface area contributed by atoms with Gasteiger partial charge in [-0.25, -0.2) is 0 Å². The summed E-state index contributed by atoms with van der Waals surface area (Å²) in [6, 6.07) is 0. The van der Waals surface area contributed by atoms with Crippen molar-refractivity contribution in [3.8, 4) is 0 Å². The van der Waals surface area contributed by atoms with Gasteiger partial charge in [0, 0.05) is 19.3 Å². The zero-order valence-corrected chi connectivity index (χ0v) is 42.5. The molecule has 0 rings (SSSR count). The first-order valence-electron chi connectivity index (χ1n) is 27.1. The average molecular weight is 905 g/mol. The summed E-state index contributed by atoms with van der Waals surface area (Å²) < 4.78 is 16.8. The molecule has 0 bridgehead atoms. The topological polar surface area (TPSA) is 78.9 Å². The Hall–Kier alpha value is -3.41. The summed E-state index contributed by atoms with van der Waals surface area (Å²) in [6.45, 7) is 6.46. The van der Waals surface area contributed by atoms with Gasteiger partial charge in [-0.05, 0) is 96.3 Å². The fourth-order valence-electron chi connectivity index (χ4n) is 7.32. The molecule has 0 aromatic rings. The van der Waals surface area contributed by atoms with E-state index in [4.69, 9.17) is 14.2 Å². The molecule has 0 N–H and O–H groups in total. The number of esters is 3. The van der Waals surface area contributed by atoms with Gasteiger partial charge in [-0.1, -0.05) is 221 Å². The number of hydrogen-bond acceptors (Lipinski definition) is 6. The van der Waals surface area contributed by atoms with Gasteiger partial charge in [-0.3, -0.25) is 14.4 Å². The number of ether oxygens (including phenoxy) is 3. The highest BCUT2D eigenvalue weighted by Gasteiger charge is 2.19. The van der Waals surface area contributed by atoms with E-state index in [2.05, 4.69) is 106 Å². The molecule has 6 heteroatoms. The van der Waals surface area contributed by atoms with Crippen molar-refractivity contribution in [2.45, 2.75) is 258 Å². The van der Waals surface area contributed by atoms with Crippen molar-refractivity contribution in [2.24, 2.45) is 0 Å². The van der Waals surface area contributed by atoms with E-state index in [1.807, 2.05) is 0 Å². The summed E-state index contributed by atoms with van der Waals surface area (Å²) in [5, 5.41) is 0. The van der Waals surface area contributed by atoms with E-state index in [0.717, 1.165) is 109 Å². The molecule has 0 heterocycles. The standard InChI is InChI=1S/C59H100O6/c1-4-7-10-13-16-19-22-24-26-28-30-32-33-35-37-40-43-46-49-52-58(61)64-55-56(54-63-57(60)51-48-45-42-39-21-18-15-12-9-6-3)65-59(62)53-50-47-44-41-38-36-34-31-29-27-25-23-20-17-14-11-8-5-2/h7,10,16,19-20,23-24,26-27,29-30,32,35,37,56H,4-6,8-9,11-15,17-18,21-22,25,28,31,33-34,36,38-55H2,1-3H3/b10-7-,19-16-,23-20-,26-24-,29-27-,32-30-,37-35-. The van der Waals surface area contributed by atoms with Crippen LogP contribution < -0.4 is 0 Å². The van der Waals surface area contributed by atoms with Gasteiger partial charge in [-0.2, -0.15) is 0 Å². The van der Waals surface area contributed by atoms with Crippen LogP contribution in [0.25, 0.3) is 0 Å². The summed E-state index contributed by atoms with van der Waals surface area (Å²) in [5.74, 6) is -0.930. The van der Waals surface area contributed by atoms with Crippen molar-refractivity contribution < 1.29 is 28.6 Å². The second-order valence-corrected chi connectivity index (χ2v) is 17.8. The second kappa shape index (κ2) is 53.2. The molecule has 0 saturated heterocycles. The van der Waals surface area contributed by atoms with Crippen molar-refractivity contribution in [1.29, 1.82) is 0 Å². The highest BCUT2D eigenvalue weighted by Crippen LogP contribution is 2.14. The van der Waals surface area contributed by atoms with Gasteiger partial charge in [0.15, 0.2) is 6.10 Å². The van der Waals surface area contributed by atoms with E-state index in [9.17, 15) is 14.4 Å². The molecule has 1 atom stereocenters. The maximum absolute atomic E-state index is 12.8. The molecule has 0 aliphatic carbocycles. The van der Waals surface area contributed by atoms with Crippen LogP contribution in [0.1, 0.15) is 252 Å². The van der Waals surface area contributed by atoms with Crippen LogP contribution in [0.4, 0.5) is 0 Å². The SMILES string of the molecule is CC/C=C\C/C=C\C/C=C\C/C=C\C/C=C\CCCCCC(=O)OCC(COC(=O)CCCCCCCCCCCC)OC(=O)CCCCCCCCC/C=C\C/C=C\CCCCCC. The van der Waals surface area contributed by atoms with Crippen LogP contribution in [0.2, 0.25) is 0 Å². The van der Waals surface area contributed by atoms with Crippen molar-refractivity contribution in [3.05, 3.63) is 85.1 Å². The van der Waals surface area contributed by atoms with Crippen LogP contribution in [-0.2, 0) is 28.6 Å². The number of allylic oxidation sites excluding steroid dienone is 14. The highest BCUT2D eigenvalue weighted by atomic mass is 16.6. The molecule has 0 aromatic carbocycles. The van der Waals surface area contributed by atoms with Crippen LogP contribution in [0.3, 0.4) is 0 Å². The minimum atomic E-state index is -0.793. The van der Waals surface area contributed by atoms with Crippen molar-refractivity contribution in [3.63, 3.8) is 0 Å². The Kier molecular flexibility index (Phi) is 50.4. The smallest absolute Gasteiger partial charge is 0.306 e. The number of rotatable bonds is 48. The molecular formula is C59H100O6. The molecule has 0 amide bonds. The van der Waals surface area contributed by atoms with Gasteiger partial charge in [-0.15, -0.1) is 0 Å². The third-order valence-corrected chi connectivity index (χ3v) is 11.4. The van der Waals surface area contributed by atoms with E-state index in [1.165, 1.54) is 103 Å². The summed E-state index contributed by atoms with van der Waals surface area (Å²) in [5.41, 5.74) is 0. The van der Waals surface area contributed by atoms with Gasteiger partial charge >= 0.3 is 17.9 Å². The Bertz CT molecular complexity index is 1270. The Morgan fingerprint density at radius 3 is 0.969 bits per heavy atom. The lowest BCUT2D eigenvalue weighted by atomic mass is 10.1. The molecule has 0 aliphatic rings. The van der Waals surface area contributed by atoms with E-state index >= 15 is 0 Å². The Balaban J connectivity index is 4.41. The van der Waals surface area contributed by atoms with Crippen LogP contribution in [0.5, 0.6) is 0 Å². The summed E-state index contributed by atoms with van der Waals surface area (Å²) >= 11 is 0. The van der Waals surface area contributed by atoms with Crippen molar-refractivity contribution in [1.82, 2.24) is 0 Å². The highest BCUT2D eigenvalue weighted by molar-refractivity contribution is 5.71. The number of unbranched alkanes of at least 4 members (excludes halogenated alkanes) is 23. The van der Waals surface area contributed by atoms with Crippen LogP contribution >= 0.6 is 0 Å². The first-order chi connectivity index (χ1) is 32.0. The predicted molar refractivity (Wildman–Crippen MR) is 279 cm³/mol. The van der Waals surface area contributed by atoms with Gasteiger partial charge in [0.25, 0.3) is 0 Å². The largest absolute Gasteiger partial charge is 0.462 e. The average Bonchev–Trinajstić information content (AvgIpc) is 3.30. The minimum absolute atomic E-state index is 0.0894. The van der Waals surface area contributed by atoms with Crippen molar-refractivity contribution in [2.75, 3.05) is 13.2 Å². The molecule has 0 radical (unpaired) electrons. The summed E-state index contributed by atoms with van der Waals surface area (Å²) in [7, 11) is 0. The quantitative estimate of drug-likeness (QED) is 0.0262. The molecule has 0 spiro atoms. The molecule has 0 saturated carbocycles. The first-order valence-corrected chi connectivity index (χ1v) is 27.1. The monoisotopic (exact) mass is 905 g/mol. The van der Waals surface area contributed by atoms with E-state index in [-0.39, 0.29) is 31.1 Å². The number of carbonyl (C=O) groups is 3. The molecule has 1 unspecified atom stereocenters. The maximum atomic E-state index is 12.8. The van der Waals surface area contributed by atoms with Gasteiger partial charge in [0.1, 0.15) is 13.2 Å². The Morgan fingerprint density at radius 1 is 0.323 bits per heavy atom. The zero-order chi connectivity index (χ0) is 47.2. The van der Waals surface area contributed by atoms with E-state index in [0.29, 0.717) is 19.3 Å². The van der Waals surface area contributed by atoms with Crippen molar-refractivity contribution >= 4 is 17.9 Å². The maximum Gasteiger partial charge on any atom is 0.306 e. The third kappa shape index (κ3) is 51.4. The van der Waals surface area contributed by atoms with Crippen LogP contribution in [-0.4, -0.2) is 37.2 Å². The molecular weight excluding hydrogens is 805 g/mol. The lowest BCUT2D eigenvalue weighted by Gasteiger charge is -2.18. The number of carbonyl (C=O) groups excluding carboxylic acids is 3. The summed E-state index contributed by atoms with van der Waals surface area (Å²) in [6.07, 6.45) is 68.5. The molecule has 6 nitrogen and oxygen atoms in total. The van der Waals surface area contributed by atoms with Gasteiger partial charge in [0.05, 0.1) is 0 Å². The van der Waals surface area contributed by atoms with Gasteiger partial charge in [0.2, 0.25) is 0 Å². The second-order valence-electron chi connectivity index (χ2n) is 17.8. The van der Waals surface area contributed by atoms with Crippen LogP contribution in [0.15, 0.2) is 85.1 Å². The summed E-state index contributed by atoms with van der Waals surface area (Å²) in [4.78, 5) is 38.0. The predicted octanol–water partition coefficient (Wildman–Crippen LogP) is 18.0. The van der Waals surface area contributed by atoms with E-state index in [1.54, 1.807) is 0 Å². The molecule has 372 valence electrons. The molecule has 0 aliphatic heterocycles. The van der Waals surface area contributed by atoms with Gasteiger partial charge < -0.3 is 14.2 Å². The molecule has 65 heavy (non-hydrogen) atoms. The molecule has 0 fully saturated rings. The lowest BCUT2D eigenvalue weighted by Crippen LogP contribution is -2.30. The lowest BCUT2D eigenvalue weighted by molar-refractivity contribution is -0.167. The Labute approximate surface area is 401 Å². The van der Waals surface area contributed by atoms with Crippen LogP contribution in [0, 0.1) is 0 Å². The molecule has 0 aromatic heterocycles. The minimum Gasteiger partial charge on any atom is -0.462 e. The fourth-order valence-corrected chi connectivity index (χ4v) is 7.32. The zero-order valence-electron chi connectivity index (χ0n) is 42.5. The fraction of sp³-hybridized carbons (Fsp3) is 0.712. The Morgan fingerprint density at radius 2 is 0.600 bits per heavy atom. The third-order valence-electron chi connectivity index (χ3n) is 11.4.